The maximum absolute atomic E-state index is 11.0. The van der Waals surface area contributed by atoms with Crippen molar-refractivity contribution in [3.8, 4) is 0 Å². The highest BCUT2D eigenvalue weighted by molar-refractivity contribution is 4.97. The molecular weight excluding hydrogens is 132 g/mol. The maximum atomic E-state index is 11.0. The summed E-state index contributed by atoms with van der Waals surface area (Å²) in [5.74, 6) is 0. The van der Waals surface area contributed by atoms with Gasteiger partial charge in [-0.15, -0.1) is 0 Å². The Morgan fingerprint density at radius 2 is 2.20 bits per heavy atom. The van der Waals surface area contributed by atoms with Crippen LogP contribution in [0.1, 0.15) is 5.69 Å². The molecule has 4 nitrogen and oxygen atoms in total. The van der Waals surface area contributed by atoms with E-state index >= 15 is 0 Å². The standard InChI is InChI=1S/C6H10N2O2/c1-7-3-5(4-9)8(2)6(7)10/h3,9H,4H2,1-2H3. The lowest BCUT2D eigenvalue weighted by Crippen LogP contribution is -2.20. The van der Waals surface area contributed by atoms with E-state index in [4.69, 9.17) is 5.11 Å². The van der Waals surface area contributed by atoms with Crippen LogP contribution in [-0.2, 0) is 20.7 Å². The number of aromatic nitrogens is 2. The predicted molar refractivity (Wildman–Crippen MR) is 36.6 cm³/mol. The summed E-state index contributed by atoms with van der Waals surface area (Å²) in [6, 6.07) is 0. The normalized spacial score (nSPS) is 10.3. The molecule has 0 aliphatic heterocycles. The second-order valence-corrected chi connectivity index (χ2v) is 2.23. The van der Waals surface area contributed by atoms with Crippen molar-refractivity contribution in [1.82, 2.24) is 9.13 Å². The van der Waals surface area contributed by atoms with Gasteiger partial charge in [0.05, 0.1) is 12.3 Å². The van der Waals surface area contributed by atoms with E-state index < -0.39 is 0 Å². The molecule has 0 unspecified atom stereocenters. The topological polar surface area (TPSA) is 47.2 Å². The van der Waals surface area contributed by atoms with E-state index in [1.54, 1.807) is 20.3 Å². The Labute approximate surface area is 58.3 Å². The number of hydrogen-bond acceptors (Lipinski definition) is 2. The number of nitrogens with zero attached hydrogens (tertiary/aromatic N) is 2. The zero-order chi connectivity index (χ0) is 7.72. The molecule has 0 bridgehead atoms. The highest BCUT2D eigenvalue weighted by Gasteiger charge is 2.01. The fourth-order valence-corrected chi connectivity index (χ4v) is 0.872. The van der Waals surface area contributed by atoms with Crippen LogP contribution in [0, 0.1) is 0 Å². The first kappa shape index (κ1) is 7.08. The van der Waals surface area contributed by atoms with E-state index in [1.165, 1.54) is 9.13 Å². The molecule has 0 fully saturated rings. The molecule has 0 saturated carbocycles. The molecule has 0 saturated heterocycles. The molecule has 4 heteroatoms. The fourth-order valence-electron chi connectivity index (χ4n) is 0.872. The smallest absolute Gasteiger partial charge is 0.327 e. The molecule has 0 aliphatic rings. The molecule has 0 aromatic carbocycles. The number of imidazole rings is 1. The number of rotatable bonds is 1. The van der Waals surface area contributed by atoms with Gasteiger partial charge in [0, 0.05) is 20.3 Å². The van der Waals surface area contributed by atoms with E-state index in [-0.39, 0.29) is 12.3 Å². The number of hydrogen-bond donors (Lipinski definition) is 1. The maximum Gasteiger partial charge on any atom is 0.327 e. The molecule has 1 heterocycles. The molecule has 0 amide bonds. The van der Waals surface area contributed by atoms with Crippen molar-refractivity contribution in [3.05, 3.63) is 22.4 Å². The van der Waals surface area contributed by atoms with Crippen LogP contribution in [0.25, 0.3) is 0 Å². The molecule has 1 aromatic rings. The van der Waals surface area contributed by atoms with Crippen LogP contribution in [0.3, 0.4) is 0 Å². The van der Waals surface area contributed by atoms with Crippen LogP contribution in [0.4, 0.5) is 0 Å². The van der Waals surface area contributed by atoms with Gasteiger partial charge in [0.25, 0.3) is 0 Å². The lowest BCUT2D eigenvalue weighted by Gasteiger charge is -1.91. The first-order valence-electron chi connectivity index (χ1n) is 2.99. The van der Waals surface area contributed by atoms with Crippen molar-refractivity contribution in [1.29, 1.82) is 0 Å². The Morgan fingerprint density at radius 1 is 1.60 bits per heavy atom. The third kappa shape index (κ3) is 0.863. The second-order valence-electron chi connectivity index (χ2n) is 2.23. The Kier molecular flexibility index (Phi) is 1.63. The van der Waals surface area contributed by atoms with E-state index in [2.05, 4.69) is 0 Å². The van der Waals surface area contributed by atoms with E-state index in [0.29, 0.717) is 5.69 Å². The van der Waals surface area contributed by atoms with Crippen LogP contribution in [0.5, 0.6) is 0 Å². The molecule has 0 spiro atoms. The van der Waals surface area contributed by atoms with Gasteiger partial charge in [-0.05, 0) is 0 Å². The Hall–Kier alpha value is -1.03. The van der Waals surface area contributed by atoms with Crippen molar-refractivity contribution < 1.29 is 5.11 Å². The summed E-state index contributed by atoms with van der Waals surface area (Å²) in [6.07, 6.45) is 1.61. The van der Waals surface area contributed by atoms with Gasteiger partial charge < -0.3 is 9.67 Å². The van der Waals surface area contributed by atoms with Crippen LogP contribution < -0.4 is 5.69 Å². The largest absolute Gasteiger partial charge is 0.390 e. The van der Waals surface area contributed by atoms with Gasteiger partial charge in [-0.2, -0.15) is 0 Å². The van der Waals surface area contributed by atoms with Gasteiger partial charge in [-0.25, -0.2) is 4.79 Å². The lowest BCUT2D eigenvalue weighted by molar-refractivity contribution is 0.272. The molecule has 0 radical (unpaired) electrons. The summed E-state index contributed by atoms with van der Waals surface area (Å²) >= 11 is 0. The second kappa shape index (κ2) is 2.30. The van der Waals surface area contributed by atoms with Gasteiger partial charge in [0.1, 0.15) is 0 Å². The van der Waals surface area contributed by atoms with Gasteiger partial charge in [0.2, 0.25) is 0 Å². The summed E-state index contributed by atoms with van der Waals surface area (Å²) < 4.78 is 2.85. The SMILES string of the molecule is Cn1cc(CO)n(C)c1=O. The van der Waals surface area contributed by atoms with Crippen LogP contribution in [0.15, 0.2) is 11.0 Å². The Bertz CT molecular complexity index is 284. The molecule has 10 heavy (non-hydrogen) atoms. The minimum atomic E-state index is -0.107. The van der Waals surface area contributed by atoms with Gasteiger partial charge in [0.15, 0.2) is 0 Å². The van der Waals surface area contributed by atoms with Crippen molar-refractivity contribution in [2.24, 2.45) is 14.1 Å². The number of aryl methyl sites for hydroxylation is 1. The van der Waals surface area contributed by atoms with Crippen LogP contribution in [-0.4, -0.2) is 14.2 Å². The third-order valence-corrected chi connectivity index (χ3v) is 1.52. The quantitative estimate of drug-likeness (QED) is 0.559. The predicted octanol–water partition coefficient (Wildman–Crippen LogP) is -0.784. The molecule has 1 N–H and O–H groups in total. The summed E-state index contributed by atoms with van der Waals surface area (Å²) in [6.45, 7) is -0.0907. The van der Waals surface area contributed by atoms with E-state index in [9.17, 15) is 4.79 Å². The van der Waals surface area contributed by atoms with Crippen molar-refractivity contribution in [2.75, 3.05) is 0 Å². The van der Waals surface area contributed by atoms with Gasteiger partial charge in [-0.3, -0.25) is 4.57 Å². The third-order valence-electron chi connectivity index (χ3n) is 1.52. The van der Waals surface area contributed by atoms with Gasteiger partial charge >= 0.3 is 5.69 Å². The summed E-state index contributed by atoms with van der Waals surface area (Å²) in [4.78, 5) is 11.0. The minimum Gasteiger partial charge on any atom is -0.390 e. The average Bonchev–Trinajstić information content (AvgIpc) is 2.17. The van der Waals surface area contributed by atoms with Crippen LogP contribution >= 0.6 is 0 Å². The molecular formula is C6H10N2O2. The molecule has 1 aromatic heterocycles. The lowest BCUT2D eigenvalue weighted by atomic mass is 10.5. The fraction of sp³-hybridized carbons (Fsp3) is 0.500. The molecule has 0 aliphatic carbocycles. The molecule has 0 atom stereocenters. The van der Waals surface area contributed by atoms with Crippen LogP contribution in [0.2, 0.25) is 0 Å². The number of aliphatic hydroxyl groups is 1. The zero-order valence-electron chi connectivity index (χ0n) is 6.03. The molecule has 1 rings (SSSR count). The van der Waals surface area contributed by atoms with Crippen molar-refractivity contribution in [2.45, 2.75) is 6.61 Å². The first-order valence-corrected chi connectivity index (χ1v) is 2.99. The van der Waals surface area contributed by atoms with E-state index in [1.807, 2.05) is 0 Å². The average molecular weight is 142 g/mol. The minimum absolute atomic E-state index is 0.0907. The Balaban J connectivity index is 3.31. The summed E-state index contributed by atoms with van der Waals surface area (Å²) in [7, 11) is 3.29. The highest BCUT2D eigenvalue weighted by Crippen LogP contribution is 1.91. The highest BCUT2D eigenvalue weighted by atomic mass is 16.3. The van der Waals surface area contributed by atoms with Crippen molar-refractivity contribution >= 4 is 0 Å². The van der Waals surface area contributed by atoms with Crippen molar-refractivity contribution in [3.63, 3.8) is 0 Å². The Morgan fingerprint density at radius 3 is 2.40 bits per heavy atom. The van der Waals surface area contributed by atoms with E-state index in [0.717, 1.165) is 0 Å². The zero-order valence-corrected chi connectivity index (χ0v) is 6.03. The summed E-state index contributed by atoms with van der Waals surface area (Å²) in [5, 5.41) is 8.68. The first-order chi connectivity index (χ1) is 4.66. The molecule has 56 valence electrons. The monoisotopic (exact) mass is 142 g/mol. The van der Waals surface area contributed by atoms with Gasteiger partial charge in [-0.1, -0.05) is 0 Å². The summed E-state index contributed by atoms with van der Waals surface area (Å²) in [5.41, 5.74) is 0.525. The number of aliphatic hydroxyl groups excluding tert-OH is 1.